The van der Waals surface area contributed by atoms with Gasteiger partial charge in [-0.2, -0.15) is 0 Å². The van der Waals surface area contributed by atoms with Gasteiger partial charge >= 0.3 is 5.97 Å². The molecule has 0 heterocycles. The highest BCUT2D eigenvalue weighted by Crippen LogP contribution is 2.30. The van der Waals surface area contributed by atoms with Gasteiger partial charge in [-0.15, -0.1) is 0 Å². The average molecular weight is 246 g/mol. The Hall–Kier alpha value is -1.13. The second-order valence-electron chi connectivity index (χ2n) is 3.80. The third-order valence-electron chi connectivity index (χ3n) is 2.67. The molecule has 0 fully saturated rings. The molecule has 5 heteroatoms. The van der Waals surface area contributed by atoms with Crippen molar-refractivity contribution in [1.82, 2.24) is 0 Å². The van der Waals surface area contributed by atoms with E-state index in [1.165, 1.54) is 12.1 Å². The van der Waals surface area contributed by atoms with Gasteiger partial charge < -0.3 is 10.8 Å². The highest BCUT2D eigenvalue weighted by atomic mass is 35.5. The lowest BCUT2D eigenvalue weighted by molar-refractivity contribution is -0.143. The fraction of sp³-hybridized carbons (Fsp3) is 0.364. The summed E-state index contributed by atoms with van der Waals surface area (Å²) in [5, 5.41) is 9.10. The molecule has 16 heavy (non-hydrogen) atoms. The Morgan fingerprint density at radius 1 is 1.62 bits per heavy atom. The van der Waals surface area contributed by atoms with Crippen molar-refractivity contribution in [2.45, 2.75) is 18.8 Å². The summed E-state index contributed by atoms with van der Waals surface area (Å²) in [6.45, 7) is 1.78. The molecular weight excluding hydrogens is 233 g/mol. The van der Waals surface area contributed by atoms with Gasteiger partial charge in [-0.1, -0.05) is 17.7 Å². The summed E-state index contributed by atoms with van der Waals surface area (Å²) in [5.74, 6) is -1.56. The number of rotatable bonds is 4. The van der Waals surface area contributed by atoms with E-state index in [4.69, 9.17) is 17.3 Å². The van der Waals surface area contributed by atoms with E-state index in [9.17, 15) is 14.3 Å². The Kier molecular flexibility index (Phi) is 3.88. The summed E-state index contributed by atoms with van der Waals surface area (Å²) in [4.78, 5) is 11.2. The molecule has 0 aromatic heterocycles. The molecule has 3 nitrogen and oxygen atoms in total. The molecular formula is C11H13ClFNO2. The van der Waals surface area contributed by atoms with Gasteiger partial charge in [0.05, 0.1) is 10.4 Å². The van der Waals surface area contributed by atoms with Crippen molar-refractivity contribution >= 4 is 17.6 Å². The predicted molar refractivity (Wildman–Crippen MR) is 60.1 cm³/mol. The van der Waals surface area contributed by atoms with E-state index < -0.39 is 17.2 Å². The van der Waals surface area contributed by atoms with Crippen molar-refractivity contribution in [3.8, 4) is 0 Å². The van der Waals surface area contributed by atoms with Crippen molar-refractivity contribution in [3.63, 3.8) is 0 Å². The van der Waals surface area contributed by atoms with Crippen molar-refractivity contribution in [2.75, 3.05) is 6.54 Å². The summed E-state index contributed by atoms with van der Waals surface area (Å²) in [6.07, 6.45) is 0.268. The molecule has 0 aliphatic rings. The molecule has 3 N–H and O–H groups in total. The third-order valence-corrected chi connectivity index (χ3v) is 2.96. The van der Waals surface area contributed by atoms with E-state index in [0.29, 0.717) is 5.56 Å². The molecule has 0 saturated heterocycles. The number of hydrogen-bond donors (Lipinski definition) is 2. The molecule has 0 radical (unpaired) electrons. The van der Waals surface area contributed by atoms with Gasteiger partial charge in [-0.05, 0) is 37.6 Å². The summed E-state index contributed by atoms with van der Waals surface area (Å²) >= 11 is 5.63. The minimum atomic E-state index is -1.13. The highest BCUT2D eigenvalue weighted by Gasteiger charge is 2.34. The van der Waals surface area contributed by atoms with Crippen LogP contribution < -0.4 is 5.73 Å². The van der Waals surface area contributed by atoms with Crippen LogP contribution in [-0.4, -0.2) is 17.6 Å². The summed E-state index contributed by atoms with van der Waals surface area (Å²) < 4.78 is 13.0. The zero-order chi connectivity index (χ0) is 12.3. The first-order valence-electron chi connectivity index (χ1n) is 4.81. The largest absolute Gasteiger partial charge is 0.481 e. The lowest BCUT2D eigenvalue weighted by Crippen LogP contribution is -2.34. The van der Waals surface area contributed by atoms with Crippen molar-refractivity contribution in [2.24, 2.45) is 5.73 Å². The number of benzene rings is 1. The fourth-order valence-corrected chi connectivity index (χ4v) is 1.68. The van der Waals surface area contributed by atoms with E-state index in [-0.39, 0.29) is 18.0 Å². The van der Waals surface area contributed by atoms with Gasteiger partial charge in [-0.3, -0.25) is 4.79 Å². The Morgan fingerprint density at radius 2 is 2.25 bits per heavy atom. The zero-order valence-corrected chi connectivity index (χ0v) is 9.59. The van der Waals surface area contributed by atoms with Gasteiger partial charge in [0.2, 0.25) is 0 Å². The molecule has 0 amide bonds. The van der Waals surface area contributed by atoms with Crippen LogP contribution in [0.3, 0.4) is 0 Å². The second kappa shape index (κ2) is 4.80. The molecule has 1 atom stereocenters. The molecule has 1 aromatic carbocycles. The van der Waals surface area contributed by atoms with Crippen molar-refractivity contribution in [3.05, 3.63) is 34.6 Å². The fourth-order valence-electron chi connectivity index (χ4n) is 1.50. The molecule has 1 unspecified atom stereocenters. The van der Waals surface area contributed by atoms with Crippen LogP contribution >= 0.6 is 11.6 Å². The van der Waals surface area contributed by atoms with Crippen molar-refractivity contribution < 1.29 is 14.3 Å². The smallest absolute Gasteiger partial charge is 0.313 e. The lowest BCUT2D eigenvalue weighted by atomic mass is 9.79. The number of carboxylic acids is 1. The topological polar surface area (TPSA) is 63.3 Å². The van der Waals surface area contributed by atoms with Gasteiger partial charge in [0.1, 0.15) is 5.82 Å². The normalized spacial score (nSPS) is 14.5. The van der Waals surface area contributed by atoms with Crippen LogP contribution in [0, 0.1) is 5.82 Å². The molecule has 0 aliphatic heterocycles. The maximum absolute atomic E-state index is 13.0. The standard InChI is InChI=1S/C11H13ClFNO2/c1-11(4-5-14,10(15)16)7-2-3-9(13)8(12)6-7/h2-3,6H,4-5,14H2,1H3,(H,15,16). The first-order valence-corrected chi connectivity index (χ1v) is 5.18. The predicted octanol–water partition coefficient (Wildman–Crippen LogP) is 2.17. The van der Waals surface area contributed by atoms with E-state index in [1.807, 2.05) is 0 Å². The van der Waals surface area contributed by atoms with Gasteiger partial charge in [0.15, 0.2) is 0 Å². The molecule has 0 saturated carbocycles. The number of hydrogen-bond acceptors (Lipinski definition) is 2. The number of carboxylic acid groups (broad SMARTS) is 1. The Balaban J connectivity index is 3.21. The quantitative estimate of drug-likeness (QED) is 0.855. The SMILES string of the molecule is CC(CCN)(C(=O)O)c1ccc(F)c(Cl)c1. The van der Waals surface area contributed by atoms with E-state index in [0.717, 1.165) is 6.07 Å². The summed E-state index contributed by atoms with van der Waals surface area (Å²) in [7, 11) is 0. The monoisotopic (exact) mass is 245 g/mol. The number of nitrogens with two attached hydrogens (primary N) is 1. The molecule has 0 bridgehead atoms. The average Bonchev–Trinajstić information content (AvgIpc) is 2.22. The maximum atomic E-state index is 13.0. The molecule has 88 valence electrons. The zero-order valence-electron chi connectivity index (χ0n) is 8.84. The number of halogens is 2. The maximum Gasteiger partial charge on any atom is 0.313 e. The first kappa shape index (κ1) is 12.9. The Labute approximate surface area is 98.0 Å². The van der Waals surface area contributed by atoms with Crippen LogP contribution in [0.2, 0.25) is 5.02 Å². The first-order chi connectivity index (χ1) is 7.41. The molecule has 0 aliphatic carbocycles. The van der Waals surface area contributed by atoms with E-state index in [2.05, 4.69) is 0 Å². The molecule has 1 rings (SSSR count). The van der Waals surface area contributed by atoms with Crippen molar-refractivity contribution in [1.29, 1.82) is 0 Å². The van der Waals surface area contributed by atoms with E-state index >= 15 is 0 Å². The van der Waals surface area contributed by atoms with Crippen LogP contribution in [0.5, 0.6) is 0 Å². The second-order valence-corrected chi connectivity index (χ2v) is 4.21. The minimum Gasteiger partial charge on any atom is -0.481 e. The number of carbonyl (C=O) groups is 1. The van der Waals surface area contributed by atoms with Crippen LogP contribution in [0.4, 0.5) is 4.39 Å². The van der Waals surface area contributed by atoms with Gasteiger partial charge in [0.25, 0.3) is 0 Å². The summed E-state index contributed by atoms with van der Waals surface area (Å²) in [6, 6.07) is 3.92. The number of aliphatic carboxylic acids is 1. The summed E-state index contributed by atoms with van der Waals surface area (Å²) in [5.41, 5.74) is 4.71. The minimum absolute atomic E-state index is 0.0815. The Morgan fingerprint density at radius 3 is 2.69 bits per heavy atom. The molecule has 1 aromatic rings. The highest BCUT2D eigenvalue weighted by molar-refractivity contribution is 6.30. The van der Waals surface area contributed by atoms with E-state index in [1.54, 1.807) is 6.92 Å². The van der Waals surface area contributed by atoms with Crippen LogP contribution in [0.15, 0.2) is 18.2 Å². The van der Waals surface area contributed by atoms with Gasteiger partial charge in [0, 0.05) is 0 Å². The van der Waals surface area contributed by atoms with Crippen LogP contribution in [0.25, 0.3) is 0 Å². The molecule has 0 spiro atoms. The van der Waals surface area contributed by atoms with Crippen LogP contribution in [-0.2, 0) is 10.2 Å². The van der Waals surface area contributed by atoms with Crippen LogP contribution in [0.1, 0.15) is 18.9 Å². The Bertz CT molecular complexity index is 411. The third kappa shape index (κ3) is 2.33. The van der Waals surface area contributed by atoms with Gasteiger partial charge in [-0.25, -0.2) is 4.39 Å². The lowest BCUT2D eigenvalue weighted by Gasteiger charge is -2.24.